The summed E-state index contributed by atoms with van der Waals surface area (Å²) in [4.78, 5) is 19.4. The molecule has 2 N–H and O–H groups in total. The van der Waals surface area contributed by atoms with Crippen molar-refractivity contribution in [2.45, 2.75) is 51.6 Å². The zero-order valence-electron chi connectivity index (χ0n) is 14.1. The normalized spacial score (nSPS) is 21.9. The van der Waals surface area contributed by atoms with Crippen molar-refractivity contribution in [2.75, 3.05) is 6.54 Å². The first-order valence-corrected chi connectivity index (χ1v) is 9.51. The summed E-state index contributed by atoms with van der Waals surface area (Å²) < 4.78 is 0. The number of carbonyl (C=O) groups excluding carboxylic acids is 1. The number of hydrogen-bond acceptors (Lipinski definition) is 4. The number of urea groups is 1. The fraction of sp³-hybridized carbons (Fsp3) is 0.588. The van der Waals surface area contributed by atoms with Crippen LogP contribution in [-0.4, -0.2) is 32.7 Å². The standard InChI is InChI=1S/C17H23N5OS/c1-10-14(11(2)21-20-10)13-4-3-8-22(13)17(23)19-15(12-5-6-12)16-18-7-9-24-16/h7,9,12-13,15H,3-6,8H2,1-2H3,(H,19,23)(H,20,21)/t13-,15-/m0/s1. The van der Waals surface area contributed by atoms with E-state index in [1.165, 1.54) is 18.4 Å². The molecule has 1 saturated heterocycles. The predicted octanol–water partition coefficient (Wildman–Crippen LogP) is 3.48. The molecule has 1 saturated carbocycles. The molecule has 2 aliphatic rings. The number of thiazole rings is 1. The summed E-state index contributed by atoms with van der Waals surface area (Å²) in [5.41, 5.74) is 3.24. The Morgan fingerprint density at radius 1 is 1.42 bits per heavy atom. The molecule has 4 rings (SSSR count). The van der Waals surface area contributed by atoms with Crippen LogP contribution in [0.15, 0.2) is 11.6 Å². The number of nitrogens with one attached hydrogen (secondary N) is 2. The molecule has 2 aromatic rings. The van der Waals surface area contributed by atoms with E-state index in [4.69, 9.17) is 0 Å². The first kappa shape index (κ1) is 15.6. The number of rotatable bonds is 4. The number of H-pyrrole nitrogens is 1. The summed E-state index contributed by atoms with van der Waals surface area (Å²) >= 11 is 1.63. The monoisotopic (exact) mass is 345 g/mol. The molecular weight excluding hydrogens is 322 g/mol. The van der Waals surface area contributed by atoms with Crippen molar-refractivity contribution >= 4 is 17.4 Å². The number of aromatic amines is 1. The van der Waals surface area contributed by atoms with Gasteiger partial charge in [0.1, 0.15) is 5.01 Å². The number of likely N-dealkylation sites (tertiary alicyclic amines) is 1. The highest BCUT2D eigenvalue weighted by Crippen LogP contribution is 2.42. The number of aryl methyl sites for hydroxylation is 2. The number of hydrogen-bond donors (Lipinski definition) is 2. The summed E-state index contributed by atoms with van der Waals surface area (Å²) in [5, 5.41) is 13.6. The van der Waals surface area contributed by atoms with E-state index < -0.39 is 0 Å². The van der Waals surface area contributed by atoms with Crippen LogP contribution in [0, 0.1) is 19.8 Å². The number of carbonyl (C=O) groups is 1. The van der Waals surface area contributed by atoms with Crippen molar-refractivity contribution in [2.24, 2.45) is 5.92 Å². The first-order chi connectivity index (χ1) is 11.6. The summed E-state index contributed by atoms with van der Waals surface area (Å²) in [5.74, 6) is 0.540. The van der Waals surface area contributed by atoms with Gasteiger partial charge in [0.25, 0.3) is 0 Å². The molecule has 2 fully saturated rings. The number of nitrogens with zero attached hydrogens (tertiary/aromatic N) is 3. The third kappa shape index (κ3) is 2.81. The average molecular weight is 345 g/mol. The molecular formula is C17H23N5OS. The quantitative estimate of drug-likeness (QED) is 0.891. The second-order valence-electron chi connectivity index (χ2n) is 6.83. The van der Waals surface area contributed by atoms with Gasteiger partial charge in [0.15, 0.2) is 0 Å². The molecule has 0 unspecified atom stereocenters. The summed E-state index contributed by atoms with van der Waals surface area (Å²) in [7, 11) is 0. The van der Waals surface area contributed by atoms with Crippen LogP contribution in [0.5, 0.6) is 0 Å². The Morgan fingerprint density at radius 3 is 2.88 bits per heavy atom. The van der Waals surface area contributed by atoms with Crippen LogP contribution in [0.25, 0.3) is 0 Å². The lowest BCUT2D eigenvalue weighted by Crippen LogP contribution is -2.42. The maximum atomic E-state index is 13.0. The van der Waals surface area contributed by atoms with Gasteiger partial charge in [0.05, 0.1) is 17.8 Å². The van der Waals surface area contributed by atoms with Crippen molar-refractivity contribution in [3.05, 3.63) is 33.5 Å². The fourth-order valence-corrected chi connectivity index (χ4v) is 4.56. The van der Waals surface area contributed by atoms with Gasteiger partial charge in [0.2, 0.25) is 0 Å². The predicted molar refractivity (Wildman–Crippen MR) is 92.9 cm³/mol. The highest BCUT2D eigenvalue weighted by molar-refractivity contribution is 7.09. The molecule has 128 valence electrons. The van der Waals surface area contributed by atoms with E-state index in [1.54, 1.807) is 11.3 Å². The molecule has 24 heavy (non-hydrogen) atoms. The van der Waals surface area contributed by atoms with Gasteiger partial charge in [0, 0.05) is 29.4 Å². The SMILES string of the molecule is Cc1n[nH]c(C)c1[C@@H]1CCCN1C(=O)N[C@H](c1nccs1)C1CC1. The van der Waals surface area contributed by atoms with Crippen LogP contribution in [-0.2, 0) is 0 Å². The van der Waals surface area contributed by atoms with E-state index >= 15 is 0 Å². The Morgan fingerprint density at radius 2 is 2.25 bits per heavy atom. The molecule has 1 aliphatic carbocycles. The smallest absolute Gasteiger partial charge is 0.318 e. The van der Waals surface area contributed by atoms with E-state index in [2.05, 4.69) is 20.5 Å². The van der Waals surface area contributed by atoms with Crippen LogP contribution in [0.4, 0.5) is 4.79 Å². The van der Waals surface area contributed by atoms with E-state index in [0.29, 0.717) is 5.92 Å². The molecule has 0 bridgehead atoms. The summed E-state index contributed by atoms with van der Waals surface area (Å²) in [6, 6.07) is 0.217. The molecule has 7 heteroatoms. The van der Waals surface area contributed by atoms with Gasteiger partial charge in [-0.05, 0) is 45.4 Å². The minimum Gasteiger partial charge on any atom is -0.328 e. The number of amides is 2. The van der Waals surface area contributed by atoms with Gasteiger partial charge in [-0.3, -0.25) is 5.10 Å². The van der Waals surface area contributed by atoms with E-state index in [9.17, 15) is 4.79 Å². The maximum Gasteiger partial charge on any atom is 0.318 e. The largest absolute Gasteiger partial charge is 0.328 e. The van der Waals surface area contributed by atoms with Crippen molar-refractivity contribution in [1.29, 1.82) is 0 Å². The summed E-state index contributed by atoms with van der Waals surface area (Å²) in [6.45, 7) is 4.85. The van der Waals surface area contributed by atoms with Gasteiger partial charge in [-0.25, -0.2) is 9.78 Å². The van der Waals surface area contributed by atoms with Gasteiger partial charge in [-0.1, -0.05) is 0 Å². The lowest BCUT2D eigenvalue weighted by atomic mass is 10.0. The molecule has 2 aromatic heterocycles. The Kier molecular flexibility index (Phi) is 4.04. The van der Waals surface area contributed by atoms with Crippen molar-refractivity contribution in [3.8, 4) is 0 Å². The van der Waals surface area contributed by atoms with Gasteiger partial charge in [-0.2, -0.15) is 5.10 Å². The number of aromatic nitrogens is 3. The zero-order chi connectivity index (χ0) is 16.7. The van der Waals surface area contributed by atoms with Crippen LogP contribution in [0.1, 0.15) is 59.7 Å². The van der Waals surface area contributed by atoms with Crippen LogP contribution < -0.4 is 5.32 Å². The molecule has 2 amide bonds. The van der Waals surface area contributed by atoms with Crippen LogP contribution in [0.2, 0.25) is 0 Å². The van der Waals surface area contributed by atoms with Gasteiger partial charge < -0.3 is 10.2 Å². The molecule has 0 aromatic carbocycles. The Bertz CT molecular complexity index is 702. The second-order valence-corrected chi connectivity index (χ2v) is 7.76. The van der Waals surface area contributed by atoms with E-state index in [1.807, 2.05) is 30.3 Å². The molecule has 2 atom stereocenters. The van der Waals surface area contributed by atoms with Crippen molar-refractivity contribution in [3.63, 3.8) is 0 Å². The minimum absolute atomic E-state index is 0.0320. The lowest BCUT2D eigenvalue weighted by molar-refractivity contribution is 0.187. The lowest BCUT2D eigenvalue weighted by Gasteiger charge is -2.28. The van der Waals surface area contributed by atoms with Crippen molar-refractivity contribution in [1.82, 2.24) is 25.4 Å². The average Bonchev–Trinajstić information content (AvgIpc) is 2.97. The maximum absolute atomic E-state index is 13.0. The van der Waals surface area contributed by atoms with E-state index in [-0.39, 0.29) is 18.1 Å². The zero-order valence-corrected chi connectivity index (χ0v) is 14.9. The third-order valence-corrected chi connectivity index (χ3v) is 5.98. The minimum atomic E-state index is 0.0320. The van der Waals surface area contributed by atoms with E-state index in [0.717, 1.165) is 35.8 Å². The topological polar surface area (TPSA) is 73.9 Å². The summed E-state index contributed by atoms with van der Waals surface area (Å²) in [6.07, 6.45) is 6.20. The second kappa shape index (κ2) is 6.20. The Labute approximate surface area is 145 Å². The van der Waals surface area contributed by atoms with Crippen LogP contribution >= 0.6 is 11.3 Å². The molecule has 6 nitrogen and oxygen atoms in total. The van der Waals surface area contributed by atoms with Gasteiger partial charge >= 0.3 is 6.03 Å². The Hall–Kier alpha value is -1.89. The third-order valence-electron chi connectivity index (χ3n) is 5.12. The molecule has 0 spiro atoms. The van der Waals surface area contributed by atoms with Crippen LogP contribution in [0.3, 0.4) is 0 Å². The Balaban J connectivity index is 1.53. The first-order valence-electron chi connectivity index (χ1n) is 8.63. The van der Waals surface area contributed by atoms with Crippen molar-refractivity contribution < 1.29 is 4.79 Å². The molecule has 3 heterocycles. The molecule has 1 aliphatic heterocycles. The highest BCUT2D eigenvalue weighted by atomic mass is 32.1. The molecule has 0 radical (unpaired) electrons. The fourth-order valence-electron chi connectivity index (χ4n) is 3.78. The highest BCUT2D eigenvalue weighted by Gasteiger charge is 2.38. The van der Waals surface area contributed by atoms with Gasteiger partial charge in [-0.15, -0.1) is 11.3 Å².